The first-order chi connectivity index (χ1) is 9.60. The number of nitrogens with two attached hydrogens (primary N) is 1. The molecule has 1 aromatic rings. The number of hydrogen-bond acceptors (Lipinski definition) is 2. The van der Waals surface area contributed by atoms with E-state index >= 15 is 0 Å². The molecule has 0 saturated heterocycles. The Kier molecular flexibility index (Phi) is 7.86. The van der Waals surface area contributed by atoms with Crippen LogP contribution in [0.5, 0.6) is 0 Å². The minimum Gasteiger partial charge on any atom is -0.329 e. The van der Waals surface area contributed by atoms with Gasteiger partial charge in [0.05, 0.1) is 0 Å². The van der Waals surface area contributed by atoms with Gasteiger partial charge in [0.1, 0.15) is 0 Å². The highest BCUT2D eigenvalue weighted by Crippen LogP contribution is 2.16. The third kappa shape index (κ3) is 5.64. The van der Waals surface area contributed by atoms with E-state index in [0.717, 1.165) is 18.9 Å². The quantitative estimate of drug-likeness (QED) is 0.717. The van der Waals surface area contributed by atoms with Crippen molar-refractivity contribution in [2.45, 2.75) is 53.0 Å². The number of hydrogen-bond donors (Lipinski definition) is 2. The zero-order valence-corrected chi connectivity index (χ0v) is 13.7. The zero-order valence-electron chi connectivity index (χ0n) is 13.7. The van der Waals surface area contributed by atoms with Gasteiger partial charge in [0, 0.05) is 12.6 Å². The van der Waals surface area contributed by atoms with Gasteiger partial charge >= 0.3 is 0 Å². The monoisotopic (exact) mass is 276 g/mol. The van der Waals surface area contributed by atoms with Gasteiger partial charge in [-0.25, -0.2) is 0 Å². The topological polar surface area (TPSA) is 38.0 Å². The fourth-order valence-electron chi connectivity index (χ4n) is 2.58. The Bertz CT molecular complexity index is 352. The van der Waals surface area contributed by atoms with Crippen LogP contribution in [0.4, 0.5) is 0 Å². The molecule has 20 heavy (non-hydrogen) atoms. The predicted molar refractivity (Wildman–Crippen MR) is 88.9 cm³/mol. The second-order valence-electron chi connectivity index (χ2n) is 6.22. The lowest BCUT2D eigenvalue weighted by Crippen LogP contribution is -2.32. The summed E-state index contributed by atoms with van der Waals surface area (Å²) in [7, 11) is 0. The highest BCUT2D eigenvalue weighted by Gasteiger charge is 2.11. The number of rotatable bonds is 9. The Labute approximate surface area is 125 Å². The SMILES string of the molecule is CCC(CC)CNC(CN)c1ccc(CC(C)C)cc1. The van der Waals surface area contributed by atoms with Crippen molar-refractivity contribution >= 4 is 0 Å². The third-order valence-corrected chi connectivity index (χ3v) is 4.07. The zero-order chi connectivity index (χ0) is 15.0. The molecule has 0 aromatic heterocycles. The van der Waals surface area contributed by atoms with Gasteiger partial charge < -0.3 is 11.1 Å². The molecule has 114 valence electrons. The second kappa shape index (κ2) is 9.15. The summed E-state index contributed by atoms with van der Waals surface area (Å²) in [5, 5.41) is 3.62. The van der Waals surface area contributed by atoms with Crippen LogP contribution < -0.4 is 11.1 Å². The standard InChI is InChI=1S/C18H32N2/c1-5-15(6-2)13-20-18(12-19)17-9-7-16(8-10-17)11-14(3)4/h7-10,14-15,18,20H,5-6,11-13,19H2,1-4H3. The van der Waals surface area contributed by atoms with Gasteiger partial charge in [-0.3, -0.25) is 0 Å². The summed E-state index contributed by atoms with van der Waals surface area (Å²) in [6.45, 7) is 10.7. The third-order valence-electron chi connectivity index (χ3n) is 4.07. The number of benzene rings is 1. The van der Waals surface area contributed by atoms with Gasteiger partial charge in [-0.05, 0) is 35.9 Å². The first-order valence-electron chi connectivity index (χ1n) is 8.12. The van der Waals surface area contributed by atoms with E-state index in [4.69, 9.17) is 5.73 Å². The summed E-state index contributed by atoms with van der Waals surface area (Å²) in [6, 6.07) is 9.24. The van der Waals surface area contributed by atoms with Gasteiger partial charge in [-0.15, -0.1) is 0 Å². The number of nitrogens with one attached hydrogen (secondary N) is 1. The van der Waals surface area contributed by atoms with Crippen molar-refractivity contribution in [3.63, 3.8) is 0 Å². The summed E-state index contributed by atoms with van der Waals surface area (Å²) in [6.07, 6.45) is 3.61. The normalized spacial score (nSPS) is 13.2. The van der Waals surface area contributed by atoms with Crippen LogP contribution in [0, 0.1) is 11.8 Å². The fraction of sp³-hybridized carbons (Fsp3) is 0.667. The Morgan fingerprint density at radius 3 is 2.10 bits per heavy atom. The van der Waals surface area contributed by atoms with E-state index in [2.05, 4.69) is 57.3 Å². The maximum atomic E-state index is 5.93. The molecule has 3 N–H and O–H groups in total. The molecule has 0 heterocycles. The van der Waals surface area contributed by atoms with Crippen molar-refractivity contribution in [1.29, 1.82) is 0 Å². The summed E-state index contributed by atoms with van der Waals surface area (Å²) in [5.74, 6) is 1.46. The van der Waals surface area contributed by atoms with Crippen LogP contribution in [-0.2, 0) is 6.42 Å². The van der Waals surface area contributed by atoms with Crippen LogP contribution in [0.15, 0.2) is 24.3 Å². The highest BCUT2D eigenvalue weighted by molar-refractivity contribution is 5.25. The van der Waals surface area contributed by atoms with Crippen molar-refractivity contribution in [2.24, 2.45) is 17.6 Å². The van der Waals surface area contributed by atoms with Crippen molar-refractivity contribution in [2.75, 3.05) is 13.1 Å². The molecule has 1 unspecified atom stereocenters. The average Bonchev–Trinajstić information content (AvgIpc) is 2.44. The maximum Gasteiger partial charge on any atom is 0.0444 e. The second-order valence-corrected chi connectivity index (χ2v) is 6.22. The van der Waals surface area contributed by atoms with Crippen LogP contribution in [0.2, 0.25) is 0 Å². The molecule has 0 aliphatic heterocycles. The van der Waals surface area contributed by atoms with Crippen LogP contribution in [-0.4, -0.2) is 13.1 Å². The van der Waals surface area contributed by atoms with E-state index in [-0.39, 0.29) is 6.04 Å². The lowest BCUT2D eigenvalue weighted by Gasteiger charge is -2.21. The van der Waals surface area contributed by atoms with Crippen LogP contribution in [0.1, 0.15) is 57.7 Å². The first-order valence-corrected chi connectivity index (χ1v) is 8.12. The van der Waals surface area contributed by atoms with E-state index in [1.165, 1.54) is 24.0 Å². The minimum atomic E-state index is 0.281. The van der Waals surface area contributed by atoms with E-state index < -0.39 is 0 Å². The molecule has 0 spiro atoms. The first kappa shape index (κ1) is 17.2. The predicted octanol–water partition coefficient (Wildman–Crippen LogP) is 3.91. The lowest BCUT2D eigenvalue weighted by atomic mass is 9.98. The fourth-order valence-corrected chi connectivity index (χ4v) is 2.58. The largest absolute Gasteiger partial charge is 0.329 e. The van der Waals surface area contributed by atoms with Crippen molar-refractivity contribution in [3.8, 4) is 0 Å². The molecule has 0 aliphatic carbocycles. The smallest absolute Gasteiger partial charge is 0.0444 e. The molecular weight excluding hydrogens is 244 g/mol. The Hall–Kier alpha value is -0.860. The molecule has 1 rings (SSSR count). The molecule has 0 fully saturated rings. The Morgan fingerprint density at radius 2 is 1.65 bits per heavy atom. The summed E-state index contributed by atoms with van der Waals surface area (Å²) in [5.41, 5.74) is 8.66. The van der Waals surface area contributed by atoms with E-state index in [1.807, 2.05) is 0 Å². The molecule has 2 heteroatoms. The molecule has 0 bridgehead atoms. The van der Waals surface area contributed by atoms with Gasteiger partial charge in [0.25, 0.3) is 0 Å². The maximum absolute atomic E-state index is 5.93. The summed E-state index contributed by atoms with van der Waals surface area (Å²) < 4.78 is 0. The van der Waals surface area contributed by atoms with Gasteiger partial charge in [0.2, 0.25) is 0 Å². The van der Waals surface area contributed by atoms with E-state index in [1.54, 1.807) is 0 Å². The Balaban J connectivity index is 2.60. The Morgan fingerprint density at radius 1 is 1.05 bits per heavy atom. The molecule has 2 nitrogen and oxygen atoms in total. The van der Waals surface area contributed by atoms with Crippen LogP contribution >= 0.6 is 0 Å². The molecule has 1 aromatic carbocycles. The van der Waals surface area contributed by atoms with E-state index in [0.29, 0.717) is 12.5 Å². The van der Waals surface area contributed by atoms with Crippen molar-refractivity contribution in [1.82, 2.24) is 5.32 Å². The van der Waals surface area contributed by atoms with Crippen LogP contribution in [0.25, 0.3) is 0 Å². The molecule has 0 aliphatic rings. The van der Waals surface area contributed by atoms with Crippen molar-refractivity contribution in [3.05, 3.63) is 35.4 Å². The molecule has 1 atom stereocenters. The lowest BCUT2D eigenvalue weighted by molar-refractivity contribution is 0.414. The van der Waals surface area contributed by atoms with Gasteiger partial charge in [-0.2, -0.15) is 0 Å². The van der Waals surface area contributed by atoms with Crippen LogP contribution in [0.3, 0.4) is 0 Å². The van der Waals surface area contributed by atoms with E-state index in [9.17, 15) is 0 Å². The molecule has 0 radical (unpaired) electrons. The summed E-state index contributed by atoms with van der Waals surface area (Å²) >= 11 is 0. The highest BCUT2D eigenvalue weighted by atomic mass is 14.9. The van der Waals surface area contributed by atoms with Gasteiger partial charge in [0.15, 0.2) is 0 Å². The summed E-state index contributed by atoms with van der Waals surface area (Å²) in [4.78, 5) is 0. The van der Waals surface area contributed by atoms with Crippen molar-refractivity contribution < 1.29 is 0 Å². The molecule has 0 saturated carbocycles. The van der Waals surface area contributed by atoms with Gasteiger partial charge in [-0.1, -0.05) is 64.8 Å². The molecular formula is C18H32N2. The molecule has 0 amide bonds. The minimum absolute atomic E-state index is 0.281. The average molecular weight is 276 g/mol.